The number of nitrogens with zero attached hydrogens (tertiary/aromatic N) is 1. The molecular formula is C16H11F3N2O2S2. The van der Waals surface area contributed by atoms with Crippen LogP contribution in [0.15, 0.2) is 53.6 Å². The van der Waals surface area contributed by atoms with Crippen molar-refractivity contribution in [2.75, 3.05) is 4.72 Å². The second-order valence-electron chi connectivity index (χ2n) is 5.09. The minimum atomic E-state index is -4.10. The molecule has 3 aromatic rings. The van der Waals surface area contributed by atoms with Gasteiger partial charge in [-0.3, -0.25) is 4.72 Å². The lowest BCUT2D eigenvalue weighted by Crippen LogP contribution is -2.14. The van der Waals surface area contributed by atoms with Crippen molar-refractivity contribution in [3.63, 3.8) is 0 Å². The summed E-state index contributed by atoms with van der Waals surface area (Å²) in [5.41, 5.74) is 0.520. The Bertz CT molecular complexity index is 1020. The predicted molar refractivity (Wildman–Crippen MR) is 88.5 cm³/mol. The molecule has 0 fully saturated rings. The fraction of sp³-hybridized carbons (Fsp3) is 0.0625. The van der Waals surface area contributed by atoms with Crippen LogP contribution in [-0.2, 0) is 16.4 Å². The Morgan fingerprint density at radius 3 is 2.48 bits per heavy atom. The van der Waals surface area contributed by atoms with Gasteiger partial charge in [0.15, 0.2) is 16.8 Å². The summed E-state index contributed by atoms with van der Waals surface area (Å²) in [6, 6.07) is 8.51. The molecule has 0 unspecified atom stereocenters. The first-order valence-electron chi connectivity index (χ1n) is 7.01. The largest absolute Gasteiger partial charge is 0.266 e. The van der Waals surface area contributed by atoms with Crippen molar-refractivity contribution >= 4 is 26.5 Å². The number of halogens is 3. The Hall–Kier alpha value is -2.39. The molecule has 1 heterocycles. The first-order valence-corrected chi connectivity index (χ1v) is 9.31. The third-order valence-corrected chi connectivity index (χ3v) is 5.68. The number of hydrogen-bond acceptors (Lipinski definition) is 4. The van der Waals surface area contributed by atoms with Crippen LogP contribution in [0.2, 0.25) is 0 Å². The van der Waals surface area contributed by atoms with Crippen molar-refractivity contribution in [3.05, 3.63) is 76.6 Å². The minimum Gasteiger partial charge on any atom is -0.255 e. The predicted octanol–water partition coefficient (Wildman–Crippen LogP) is 3.95. The second kappa shape index (κ2) is 6.85. The third kappa shape index (κ3) is 3.99. The van der Waals surface area contributed by atoms with Crippen LogP contribution in [0, 0.1) is 17.5 Å². The molecule has 2 aromatic carbocycles. The van der Waals surface area contributed by atoms with Crippen LogP contribution in [0.25, 0.3) is 0 Å². The lowest BCUT2D eigenvalue weighted by molar-refractivity contribution is 0.507. The fourth-order valence-corrected chi connectivity index (χ4v) is 4.29. The molecule has 0 aliphatic heterocycles. The molecule has 0 atom stereocenters. The number of benzene rings is 2. The number of anilines is 1. The van der Waals surface area contributed by atoms with Gasteiger partial charge >= 0.3 is 0 Å². The molecule has 0 saturated carbocycles. The van der Waals surface area contributed by atoms with Crippen LogP contribution < -0.4 is 4.72 Å². The maximum atomic E-state index is 13.6. The molecule has 3 rings (SSSR count). The summed E-state index contributed by atoms with van der Waals surface area (Å²) >= 11 is 1.03. The van der Waals surface area contributed by atoms with Gasteiger partial charge < -0.3 is 0 Å². The Morgan fingerprint density at radius 1 is 1.00 bits per heavy atom. The van der Waals surface area contributed by atoms with E-state index in [1.807, 2.05) is 0 Å². The number of thiazole rings is 1. The van der Waals surface area contributed by atoms with Crippen LogP contribution in [0.1, 0.15) is 10.4 Å². The van der Waals surface area contributed by atoms with Gasteiger partial charge in [-0.2, -0.15) is 0 Å². The third-order valence-electron chi connectivity index (χ3n) is 3.26. The van der Waals surface area contributed by atoms with Crippen molar-refractivity contribution in [1.82, 2.24) is 4.98 Å². The van der Waals surface area contributed by atoms with E-state index in [9.17, 15) is 21.6 Å². The van der Waals surface area contributed by atoms with Crippen LogP contribution in [0.4, 0.5) is 18.3 Å². The van der Waals surface area contributed by atoms with Gasteiger partial charge in [0, 0.05) is 17.5 Å². The quantitative estimate of drug-likeness (QED) is 0.725. The lowest BCUT2D eigenvalue weighted by atomic mass is 10.1. The average molecular weight is 384 g/mol. The highest BCUT2D eigenvalue weighted by Crippen LogP contribution is 2.25. The van der Waals surface area contributed by atoms with Crippen LogP contribution >= 0.6 is 11.3 Å². The van der Waals surface area contributed by atoms with Crippen LogP contribution in [0.3, 0.4) is 0 Å². The Kier molecular flexibility index (Phi) is 4.78. The lowest BCUT2D eigenvalue weighted by Gasteiger charge is -2.05. The Balaban J connectivity index is 1.77. The van der Waals surface area contributed by atoms with Crippen molar-refractivity contribution in [1.29, 1.82) is 0 Å². The molecule has 130 valence electrons. The molecule has 1 N–H and O–H groups in total. The molecule has 0 saturated heterocycles. The summed E-state index contributed by atoms with van der Waals surface area (Å²) < 4.78 is 66.4. The number of sulfonamides is 1. The van der Waals surface area contributed by atoms with E-state index in [-0.39, 0.29) is 11.6 Å². The maximum absolute atomic E-state index is 13.6. The highest BCUT2D eigenvalue weighted by Gasteiger charge is 2.20. The standard InChI is InChI=1S/C16H11F3N2O2S2/c17-12-6-5-10(8-14(12)19)7-11-9-20-16(24-11)21-25(22,23)15-4-2-1-3-13(15)18/h1-6,8-9H,7H2,(H,20,21). The van der Waals surface area contributed by atoms with Crippen LogP contribution in [-0.4, -0.2) is 13.4 Å². The van der Waals surface area contributed by atoms with Crippen molar-refractivity contribution in [3.8, 4) is 0 Å². The Morgan fingerprint density at radius 2 is 1.76 bits per heavy atom. The first-order chi connectivity index (χ1) is 11.8. The minimum absolute atomic E-state index is 0.0563. The summed E-state index contributed by atoms with van der Waals surface area (Å²) in [4.78, 5) is 4.09. The second-order valence-corrected chi connectivity index (χ2v) is 7.86. The van der Waals surface area contributed by atoms with E-state index < -0.39 is 32.4 Å². The number of rotatable bonds is 5. The van der Waals surface area contributed by atoms with Gasteiger partial charge in [-0.1, -0.05) is 18.2 Å². The first kappa shape index (κ1) is 17.4. The molecule has 9 heteroatoms. The van der Waals surface area contributed by atoms with E-state index >= 15 is 0 Å². The maximum Gasteiger partial charge on any atom is 0.266 e. The molecule has 25 heavy (non-hydrogen) atoms. The summed E-state index contributed by atoms with van der Waals surface area (Å²) in [6.45, 7) is 0. The molecule has 0 radical (unpaired) electrons. The van der Waals surface area contributed by atoms with Gasteiger partial charge in [0.2, 0.25) is 0 Å². The molecule has 1 aromatic heterocycles. The molecule has 0 aliphatic carbocycles. The summed E-state index contributed by atoms with van der Waals surface area (Å²) in [5, 5.41) is 0.0563. The highest BCUT2D eigenvalue weighted by atomic mass is 32.2. The topological polar surface area (TPSA) is 59.1 Å². The van der Waals surface area contributed by atoms with E-state index in [4.69, 9.17) is 0 Å². The summed E-state index contributed by atoms with van der Waals surface area (Å²) in [7, 11) is -4.10. The van der Waals surface area contributed by atoms with E-state index in [2.05, 4.69) is 9.71 Å². The highest BCUT2D eigenvalue weighted by molar-refractivity contribution is 7.93. The van der Waals surface area contributed by atoms with Gasteiger partial charge in [0.1, 0.15) is 10.7 Å². The zero-order valence-electron chi connectivity index (χ0n) is 12.5. The zero-order chi connectivity index (χ0) is 18.0. The van der Waals surface area contributed by atoms with Crippen molar-refractivity contribution in [2.24, 2.45) is 0 Å². The number of hydrogen-bond donors (Lipinski definition) is 1. The SMILES string of the molecule is O=S(=O)(Nc1ncc(Cc2ccc(F)c(F)c2)s1)c1ccccc1F. The van der Waals surface area contributed by atoms with Gasteiger partial charge in [-0.15, -0.1) is 11.3 Å². The zero-order valence-corrected chi connectivity index (χ0v) is 14.2. The van der Waals surface area contributed by atoms with Gasteiger partial charge in [-0.25, -0.2) is 26.6 Å². The van der Waals surface area contributed by atoms with E-state index in [0.717, 1.165) is 35.6 Å². The molecule has 0 aliphatic rings. The monoisotopic (exact) mass is 384 g/mol. The Labute approximate surface area is 146 Å². The van der Waals surface area contributed by atoms with E-state index in [1.165, 1.54) is 24.4 Å². The number of aromatic nitrogens is 1. The van der Waals surface area contributed by atoms with Gasteiger partial charge in [0.25, 0.3) is 10.0 Å². The number of nitrogens with one attached hydrogen (secondary N) is 1. The van der Waals surface area contributed by atoms with Crippen LogP contribution in [0.5, 0.6) is 0 Å². The normalized spacial score (nSPS) is 11.5. The molecule has 4 nitrogen and oxygen atoms in total. The van der Waals surface area contributed by atoms with E-state index in [1.54, 1.807) is 0 Å². The van der Waals surface area contributed by atoms with E-state index in [0.29, 0.717) is 10.4 Å². The fourth-order valence-electron chi connectivity index (χ4n) is 2.12. The summed E-state index contributed by atoms with van der Waals surface area (Å²) in [6.07, 6.45) is 1.68. The van der Waals surface area contributed by atoms with Gasteiger partial charge in [0.05, 0.1) is 0 Å². The molecule has 0 spiro atoms. The van der Waals surface area contributed by atoms with Crippen molar-refractivity contribution < 1.29 is 21.6 Å². The molecule has 0 bridgehead atoms. The van der Waals surface area contributed by atoms with Gasteiger partial charge in [-0.05, 0) is 29.8 Å². The summed E-state index contributed by atoms with van der Waals surface area (Å²) in [5.74, 6) is -2.76. The molecular weight excluding hydrogens is 373 g/mol. The smallest absolute Gasteiger partial charge is 0.255 e. The van der Waals surface area contributed by atoms with Crippen molar-refractivity contribution in [2.45, 2.75) is 11.3 Å². The average Bonchev–Trinajstić information content (AvgIpc) is 2.97. The molecule has 0 amide bonds.